The maximum absolute atomic E-state index is 13.2. The maximum Gasteiger partial charge on any atom is 0.171 e. The van der Waals surface area contributed by atoms with Gasteiger partial charge in [-0.2, -0.15) is 0 Å². The highest BCUT2D eigenvalue weighted by Crippen LogP contribution is 2.45. The molecular weight excluding hydrogens is 312 g/mol. The monoisotopic (exact) mass is 346 g/mol. The molecule has 0 heterocycles. The highest BCUT2D eigenvalue weighted by atomic mass is 16.5. The Bertz CT molecular complexity index is 556. The van der Waals surface area contributed by atoms with Crippen LogP contribution in [0.25, 0.3) is 0 Å². The van der Waals surface area contributed by atoms with Gasteiger partial charge in [0.2, 0.25) is 0 Å². The molecule has 1 rings (SSSR count). The molecule has 25 heavy (non-hydrogen) atoms. The van der Waals surface area contributed by atoms with Crippen molar-refractivity contribution < 1.29 is 14.6 Å². The van der Waals surface area contributed by atoms with Crippen LogP contribution in [-0.2, 0) is 9.53 Å². The summed E-state index contributed by atoms with van der Waals surface area (Å²) in [4.78, 5) is 13.2. The van der Waals surface area contributed by atoms with Crippen molar-refractivity contribution in [3.63, 3.8) is 0 Å². The van der Waals surface area contributed by atoms with E-state index in [4.69, 9.17) is 4.74 Å². The lowest BCUT2D eigenvalue weighted by Gasteiger charge is -2.40. The first kappa shape index (κ1) is 21.4. The normalized spacial score (nSPS) is 25.7. The average Bonchev–Trinajstić information content (AvgIpc) is 2.58. The average molecular weight is 347 g/mol. The number of Topliss-reactive ketones (excluding diaryl/α,β-unsaturated/α-hetero) is 1. The molecule has 1 unspecified atom stereocenters. The third-order valence-corrected chi connectivity index (χ3v) is 5.38. The van der Waals surface area contributed by atoms with Gasteiger partial charge in [-0.15, -0.1) is 13.2 Å². The van der Waals surface area contributed by atoms with Gasteiger partial charge in [0.1, 0.15) is 11.9 Å². The van der Waals surface area contributed by atoms with Crippen molar-refractivity contribution >= 4 is 5.78 Å². The van der Waals surface area contributed by atoms with Gasteiger partial charge in [-0.05, 0) is 45.4 Å². The number of hydrogen-bond donors (Lipinski definition) is 1. The Labute approximate surface area is 153 Å². The summed E-state index contributed by atoms with van der Waals surface area (Å²) in [6, 6.07) is 0. The molecule has 0 bridgehead atoms. The van der Waals surface area contributed by atoms with E-state index in [-0.39, 0.29) is 11.7 Å². The molecule has 3 nitrogen and oxygen atoms in total. The summed E-state index contributed by atoms with van der Waals surface area (Å²) in [7, 11) is 0. The van der Waals surface area contributed by atoms with Crippen molar-refractivity contribution in [1.29, 1.82) is 0 Å². The minimum absolute atomic E-state index is 0.000918. The predicted molar refractivity (Wildman–Crippen MR) is 104 cm³/mol. The summed E-state index contributed by atoms with van der Waals surface area (Å²) in [5.41, 5.74) is 1.20. The smallest absolute Gasteiger partial charge is 0.171 e. The van der Waals surface area contributed by atoms with Crippen molar-refractivity contribution in [3.8, 4) is 0 Å². The zero-order chi connectivity index (χ0) is 19.0. The number of aliphatic hydroxyl groups excluding tert-OH is 1. The van der Waals surface area contributed by atoms with Gasteiger partial charge in [0, 0.05) is 11.8 Å². The van der Waals surface area contributed by atoms with Gasteiger partial charge in [0.15, 0.2) is 5.78 Å². The Balaban J connectivity index is 3.02. The lowest BCUT2D eigenvalue weighted by atomic mass is 9.63. The van der Waals surface area contributed by atoms with Crippen LogP contribution in [0.4, 0.5) is 0 Å². The van der Waals surface area contributed by atoms with Gasteiger partial charge in [0.25, 0.3) is 0 Å². The summed E-state index contributed by atoms with van der Waals surface area (Å²) >= 11 is 0. The van der Waals surface area contributed by atoms with Crippen LogP contribution in [0.15, 0.2) is 48.3 Å². The Morgan fingerprint density at radius 2 is 2.12 bits per heavy atom. The molecule has 3 atom stereocenters. The van der Waals surface area contributed by atoms with E-state index < -0.39 is 11.5 Å². The second-order valence-electron chi connectivity index (χ2n) is 7.22. The van der Waals surface area contributed by atoms with Gasteiger partial charge in [-0.3, -0.25) is 4.79 Å². The van der Waals surface area contributed by atoms with Crippen LogP contribution in [0.1, 0.15) is 59.8 Å². The molecule has 0 spiro atoms. The van der Waals surface area contributed by atoms with Crippen LogP contribution in [0.5, 0.6) is 0 Å². The number of hydrogen-bond acceptors (Lipinski definition) is 3. The van der Waals surface area contributed by atoms with E-state index in [1.54, 1.807) is 0 Å². The van der Waals surface area contributed by atoms with Crippen LogP contribution >= 0.6 is 0 Å². The van der Waals surface area contributed by atoms with Gasteiger partial charge in [0.05, 0.1) is 12.2 Å². The van der Waals surface area contributed by atoms with Gasteiger partial charge >= 0.3 is 0 Å². The van der Waals surface area contributed by atoms with Crippen molar-refractivity contribution in [2.45, 2.75) is 65.9 Å². The first-order valence-electron chi connectivity index (χ1n) is 9.29. The molecular formula is C22H34O3. The maximum atomic E-state index is 13.2. The Morgan fingerprint density at radius 1 is 1.44 bits per heavy atom. The fraction of sp³-hybridized carbons (Fsp3) is 0.591. The van der Waals surface area contributed by atoms with Crippen molar-refractivity contribution in [1.82, 2.24) is 0 Å². The SMILES string of the molecule is C=CCC/C=C(\C)CC[C@@]1(C)C(=O)C(C(O)C=C)=C(OCC)C[C@H]1C. The van der Waals surface area contributed by atoms with Crippen LogP contribution in [0.2, 0.25) is 0 Å². The molecule has 140 valence electrons. The molecule has 1 N–H and O–H groups in total. The highest BCUT2D eigenvalue weighted by molar-refractivity contribution is 6.02. The minimum Gasteiger partial charge on any atom is -0.498 e. The molecule has 0 saturated carbocycles. The number of allylic oxidation sites excluding steroid dienone is 4. The molecule has 0 saturated heterocycles. The van der Waals surface area contributed by atoms with E-state index in [2.05, 4.69) is 33.1 Å². The van der Waals surface area contributed by atoms with Crippen LogP contribution < -0.4 is 0 Å². The number of unbranched alkanes of at least 4 members (excludes halogenated alkanes) is 1. The first-order chi connectivity index (χ1) is 11.8. The number of ether oxygens (including phenoxy) is 1. The molecule has 3 heteroatoms. The molecule has 0 aromatic heterocycles. The lowest BCUT2D eigenvalue weighted by molar-refractivity contribution is -0.129. The molecule has 0 aromatic carbocycles. The summed E-state index contributed by atoms with van der Waals surface area (Å²) in [5, 5.41) is 10.3. The summed E-state index contributed by atoms with van der Waals surface area (Å²) in [6.45, 7) is 16.0. The third kappa shape index (κ3) is 5.18. The molecule has 1 aliphatic rings. The highest BCUT2D eigenvalue weighted by Gasteiger charge is 2.46. The fourth-order valence-corrected chi connectivity index (χ4v) is 3.37. The number of ketones is 1. The number of carbonyl (C=O) groups excluding carboxylic acids is 1. The Kier molecular flexibility index (Phi) is 8.37. The fourth-order valence-electron chi connectivity index (χ4n) is 3.37. The van der Waals surface area contributed by atoms with Crippen LogP contribution in [0, 0.1) is 11.3 Å². The lowest BCUT2D eigenvalue weighted by Crippen LogP contribution is -2.42. The van der Waals surface area contributed by atoms with E-state index in [0.717, 1.165) is 25.7 Å². The zero-order valence-corrected chi connectivity index (χ0v) is 16.3. The molecule has 0 aliphatic heterocycles. The van der Waals surface area contributed by atoms with E-state index in [0.29, 0.717) is 24.4 Å². The van der Waals surface area contributed by atoms with E-state index in [9.17, 15) is 9.90 Å². The largest absolute Gasteiger partial charge is 0.498 e. The predicted octanol–water partition coefficient (Wildman–Crippen LogP) is 5.13. The number of rotatable bonds is 10. The van der Waals surface area contributed by atoms with Gasteiger partial charge in [-0.1, -0.05) is 37.6 Å². The van der Waals surface area contributed by atoms with E-state index in [1.165, 1.54) is 11.6 Å². The summed E-state index contributed by atoms with van der Waals surface area (Å²) < 4.78 is 5.67. The van der Waals surface area contributed by atoms with Crippen LogP contribution in [-0.4, -0.2) is 23.6 Å². The summed E-state index contributed by atoms with van der Waals surface area (Å²) in [5.74, 6) is 0.799. The van der Waals surface area contributed by atoms with Gasteiger partial charge < -0.3 is 9.84 Å². The molecule has 1 aliphatic carbocycles. The molecule has 0 fully saturated rings. The molecule has 0 amide bonds. The zero-order valence-electron chi connectivity index (χ0n) is 16.3. The second-order valence-corrected chi connectivity index (χ2v) is 7.22. The van der Waals surface area contributed by atoms with Gasteiger partial charge in [-0.25, -0.2) is 0 Å². The minimum atomic E-state index is -0.967. The van der Waals surface area contributed by atoms with E-state index in [1.807, 2.05) is 19.9 Å². The quantitative estimate of drug-likeness (QED) is 0.440. The van der Waals surface area contributed by atoms with Crippen molar-refractivity contribution in [2.75, 3.05) is 6.61 Å². The molecule has 0 radical (unpaired) electrons. The third-order valence-electron chi connectivity index (χ3n) is 5.38. The summed E-state index contributed by atoms with van der Waals surface area (Å²) in [6.07, 6.45) is 8.87. The standard InChI is InChI=1S/C22H34O3/c1-7-10-11-12-16(4)13-14-22(6)17(5)15-19(25-9-3)20(21(22)24)18(23)8-2/h7-8,12,17-18,23H,1-2,9-11,13-15H2,3-6H3/b16-12+/t17-,18?,22-/m1/s1. The molecule has 0 aromatic rings. The van der Waals surface area contributed by atoms with E-state index >= 15 is 0 Å². The number of carbonyl (C=O) groups is 1. The van der Waals surface area contributed by atoms with Crippen LogP contribution in [0.3, 0.4) is 0 Å². The Hall–Kier alpha value is -1.61. The van der Waals surface area contributed by atoms with Crippen molar-refractivity contribution in [2.24, 2.45) is 11.3 Å². The second kappa shape index (κ2) is 9.76. The first-order valence-corrected chi connectivity index (χ1v) is 9.29. The Morgan fingerprint density at radius 3 is 2.68 bits per heavy atom. The number of aliphatic hydroxyl groups is 1. The topological polar surface area (TPSA) is 46.5 Å². The van der Waals surface area contributed by atoms with Crippen molar-refractivity contribution in [3.05, 3.63) is 48.3 Å².